The van der Waals surface area contributed by atoms with Gasteiger partial charge in [-0.05, 0) is 30.3 Å². The Morgan fingerprint density at radius 1 is 1.10 bits per heavy atom. The van der Waals surface area contributed by atoms with Crippen molar-refractivity contribution in [3.8, 4) is 17.2 Å². The Hall–Kier alpha value is -2.40. The van der Waals surface area contributed by atoms with Gasteiger partial charge in [0.05, 0.1) is 19.8 Å². The second-order valence-electron chi connectivity index (χ2n) is 4.19. The molecule has 0 aliphatic heterocycles. The Morgan fingerprint density at radius 3 is 2.48 bits per heavy atom. The third-order valence-electron chi connectivity index (χ3n) is 2.84. The van der Waals surface area contributed by atoms with E-state index in [1.807, 2.05) is 0 Å². The predicted molar refractivity (Wildman–Crippen MR) is 80.6 cm³/mol. The standard InChI is InChI=1S/C15H14ClNO4/c1-20-13-6-4-10(8-14(13)21-2)17-15(19)11-7-9(16)3-5-12(11)18/h3-8,18H,1-2H3,(H,17,19). The molecule has 0 spiro atoms. The number of rotatable bonds is 4. The molecule has 2 aromatic carbocycles. The maximum atomic E-state index is 12.1. The topological polar surface area (TPSA) is 67.8 Å². The molecular formula is C15H14ClNO4. The van der Waals surface area contributed by atoms with Gasteiger partial charge in [-0.25, -0.2) is 0 Å². The number of amides is 1. The van der Waals surface area contributed by atoms with Gasteiger partial charge in [0.1, 0.15) is 5.75 Å². The summed E-state index contributed by atoms with van der Waals surface area (Å²) in [5.41, 5.74) is 0.606. The molecule has 2 N–H and O–H groups in total. The van der Waals surface area contributed by atoms with Gasteiger partial charge in [0.15, 0.2) is 11.5 Å². The molecular weight excluding hydrogens is 294 g/mol. The molecule has 0 heterocycles. The number of phenolic OH excluding ortho intramolecular Hbond substituents is 1. The highest BCUT2D eigenvalue weighted by molar-refractivity contribution is 6.31. The van der Waals surface area contributed by atoms with Gasteiger partial charge in [-0.2, -0.15) is 0 Å². The molecule has 21 heavy (non-hydrogen) atoms. The summed E-state index contributed by atoms with van der Waals surface area (Å²) in [4.78, 5) is 12.1. The van der Waals surface area contributed by atoms with Crippen molar-refractivity contribution < 1.29 is 19.4 Å². The van der Waals surface area contributed by atoms with Crippen LogP contribution in [0.2, 0.25) is 5.02 Å². The summed E-state index contributed by atoms with van der Waals surface area (Å²) < 4.78 is 10.3. The molecule has 0 aliphatic rings. The van der Waals surface area contributed by atoms with Gasteiger partial charge in [0.25, 0.3) is 5.91 Å². The van der Waals surface area contributed by atoms with E-state index >= 15 is 0 Å². The van der Waals surface area contributed by atoms with Gasteiger partial charge in [0, 0.05) is 16.8 Å². The maximum absolute atomic E-state index is 12.1. The van der Waals surface area contributed by atoms with Crippen LogP contribution in [-0.4, -0.2) is 25.2 Å². The van der Waals surface area contributed by atoms with Gasteiger partial charge < -0.3 is 19.9 Å². The number of methoxy groups -OCH3 is 2. The first-order valence-corrected chi connectivity index (χ1v) is 6.45. The number of carbonyl (C=O) groups is 1. The predicted octanol–water partition coefficient (Wildman–Crippen LogP) is 3.32. The molecule has 0 aliphatic carbocycles. The van der Waals surface area contributed by atoms with Gasteiger partial charge in [-0.1, -0.05) is 11.6 Å². The van der Waals surface area contributed by atoms with Gasteiger partial charge in [0.2, 0.25) is 0 Å². The van der Waals surface area contributed by atoms with Crippen LogP contribution in [0, 0.1) is 0 Å². The number of anilines is 1. The van der Waals surface area contributed by atoms with Crippen LogP contribution in [0.5, 0.6) is 17.2 Å². The van der Waals surface area contributed by atoms with E-state index in [1.165, 1.54) is 32.4 Å². The van der Waals surface area contributed by atoms with Crippen molar-refractivity contribution in [2.45, 2.75) is 0 Å². The summed E-state index contributed by atoms with van der Waals surface area (Å²) in [7, 11) is 3.03. The first-order chi connectivity index (χ1) is 10.0. The van der Waals surface area contributed by atoms with E-state index in [0.717, 1.165) is 0 Å². The minimum Gasteiger partial charge on any atom is -0.507 e. The van der Waals surface area contributed by atoms with E-state index in [2.05, 4.69) is 5.32 Å². The number of carbonyl (C=O) groups excluding carboxylic acids is 1. The number of nitrogens with one attached hydrogen (secondary N) is 1. The van der Waals surface area contributed by atoms with E-state index in [1.54, 1.807) is 18.2 Å². The number of hydrogen-bond donors (Lipinski definition) is 2. The van der Waals surface area contributed by atoms with Crippen molar-refractivity contribution in [3.05, 3.63) is 47.0 Å². The van der Waals surface area contributed by atoms with E-state index in [4.69, 9.17) is 21.1 Å². The fourth-order valence-corrected chi connectivity index (χ4v) is 1.97. The van der Waals surface area contributed by atoms with E-state index in [-0.39, 0.29) is 11.3 Å². The lowest BCUT2D eigenvalue weighted by molar-refractivity contribution is 0.102. The Labute approximate surface area is 127 Å². The van der Waals surface area contributed by atoms with E-state index in [0.29, 0.717) is 22.2 Å². The molecule has 0 radical (unpaired) electrons. The Balaban J connectivity index is 2.25. The maximum Gasteiger partial charge on any atom is 0.259 e. The van der Waals surface area contributed by atoms with Crippen LogP contribution in [0.15, 0.2) is 36.4 Å². The molecule has 0 atom stereocenters. The summed E-state index contributed by atoms with van der Waals surface area (Å²) in [5, 5.41) is 12.7. The number of ether oxygens (including phenoxy) is 2. The highest BCUT2D eigenvalue weighted by Gasteiger charge is 2.13. The number of halogens is 1. The van der Waals surface area contributed by atoms with Crippen LogP contribution < -0.4 is 14.8 Å². The fourth-order valence-electron chi connectivity index (χ4n) is 1.80. The third kappa shape index (κ3) is 3.38. The second kappa shape index (κ2) is 6.37. The summed E-state index contributed by atoms with van der Waals surface area (Å²) in [6.07, 6.45) is 0. The molecule has 0 aromatic heterocycles. The van der Waals surface area contributed by atoms with Crippen LogP contribution in [0.1, 0.15) is 10.4 Å². The number of benzene rings is 2. The molecule has 0 saturated carbocycles. The molecule has 1 amide bonds. The van der Waals surface area contributed by atoms with Crippen LogP contribution in [0.4, 0.5) is 5.69 Å². The summed E-state index contributed by atoms with van der Waals surface area (Å²) in [5.74, 6) is 0.436. The molecule has 110 valence electrons. The average Bonchev–Trinajstić information content (AvgIpc) is 2.49. The lowest BCUT2D eigenvalue weighted by atomic mass is 10.2. The zero-order chi connectivity index (χ0) is 15.4. The summed E-state index contributed by atoms with van der Waals surface area (Å²) >= 11 is 5.82. The molecule has 2 rings (SSSR count). The molecule has 0 fully saturated rings. The van der Waals surface area contributed by atoms with Crippen molar-refractivity contribution >= 4 is 23.2 Å². The highest BCUT2D eigenvalue weighted by Crippen LogP contribution is 2.30. The van der Waals surface area contributed by atoms with Crippen LogP contribution in [-0.2, 0) is 0 Å². The third-order valence-corrected chi connectivity index (χ3v) is 3.08. The van der Waals surface area contributed by atoms with Gasteiger partial charge in [-0.15, -0.1) is 0 Å². The zero-order valence-electron chi connectivity index (χ0n) is 11.5. The monoisotopic (exact) mass is 307 g/mol. The van der Waals surface area contributed by atoms with Gasteiger partial charge in [-0.3, -0.25) is 4.79 Å². The number of phenols is 1. The summed E-state index contributed by atoms with van der Waals surface area (Å²) in [6, 6.07) is 9.23. The minimum atomic E-state index is -0.470. The van der Waals surface area contributed by atoms with Crippen LogP contribution in [0.25, 0.3) is 0 Å². The Morgan fingerprint density at radius 2 is 1.81 bits per heavy atom. The first-order valence-electron chi connectivity index (χ1n) is 6.07. The zero-order valence-corrected chi connectivity index (χ0v) is 12.3. The van der Waals surface area contributed by atoms with E-state index < -0.39 is 5.91 Å². The number of hydrogen-bond acceptors (Lipinski definition) is 4. The van der Waals surface area contributed by atoms with Crippen molar-refractivity contribution in [1.82, 2.24) is 0 Å². The van der Waals surface area contributed by atoms with Crippen molar-refractivity contribution in [2.75, 3.05) is 19.5 Å². The Bertz CT molecular complexity index is 673. The fraction of sp³-hybridized carbons (Fsp3) is 0.133. The van der Waals surface area contributed by atoms with Crippen molar-refractivity contribution in [2.24, 2.45) is 0 Å². The van der Waals surface area contributed by atoms with Crippen LogP contribution in [0.3, 0.4) is 0 Å². The molecule has 0 unspecified atom stereocenters. The molecule has 0 bridgehead atoms. The average molecular weight is 308 g/mol. The number of aromatic hydroxyl groups is 1. The lowest BCUT2D eigenvalue weighted by Crippen LogP contribution is -2.12. The molecule has 2 aromatic rings. The second-order valence-corrected chi connectivity index (χ2v) is 4.62. The molecule has 6 heteroatoms. The quantitative estimate of drug-likeness (QED) is 0.909. The lowest BCUT2D eigenvalue weighted by Gasteiger charge is -2.11. The normalized spacial score (nSPS) is 10.0. The SMILES string of the molecule is COc1ccc(NC(=O)c2cc(Cl)ccc2O)cc1OC. The Kier molecular flexibility index (Phi) is 4.55. The van der Waals surface area contributed by atoms with Gasteiger partial charge >= 0.3 is 0 Å². The molecule has 5 nitrogen and oxygen atoms in total. The van der Waals surface area contributed by atoms with Crippen LogP contribution >= 0.6 is 11.6 Å². The highest BCUT2D eigenvalue weighted by atomic mass is 35.5. The minimum absolute atomic E-state index is 0.0947. The van der Waals surface area contributed by atoms with Crippen molar-refractivity contribution in [3.63, 3.8) is 0 Å². The summed E-state index contributed by atoms with van der Waals surface area (Å²) in [6.45, 7) is 0. The largest absolute Gasteiger partial charge is 0.507 e. The molecule has 0 saturated heterocycles. The smallest absolute Gasteiger partial charge is 0.259 e. The first kappa shape index (κ1) is 15.0. The van der Waals surface area contributed by atoms with Crippen molar-refractivity contribution in [1.29, 1.82) is 0 Å². The van der Waals surface area contributed by atoms with E-state index in [9.17, 15) is 9.90 Å².